The van der Waals surface area contributed by atoms with Gasteiger partial charge >= 0.3 is 0 Å². The van der Waals surface area contributed by atoms with Gasteiger partial charge in [0.25, 0.3) is 5.56 Å². The number of nitrogens with two attached hydrogens (primary N) is 1. The van der Waals surface area contributed by atoms with Crippen LogP contribution >= 0.6 is 0 Å². The first-order valence-corrected chi connectivity index (χ1v) is 4.75. The molecule has 2 heterocycles. The number of aromatic nitrogens is 5. The van der Waals surface area contributed by atoms with Crippen molar-refractivity contribution in [3.05, 3.63) is 34.0 Å². The molecule has 84 valence electrons. The Morgan fingerprint density at radius 2 is 2.25 bits per heavy atom. The van der Waals surface area contributed by atoms with Crippen LogP contribution < -0.4 is 11.3 Å². The average molecular weight is 220 g/mol. The molecule has 0 aliphatic carbocycles. The molecule has 0 aromatic carbocycles. The molecule has 7 nitrogen and oxygen atoms in total. The van der Waals surface area contributed by atoms with Crippen LogP contribution in [0.3, 0.4) is 0 Å². The molecule has 0 saturated carbocycles. The van der Waals surface area contributed by atoms with Crippen LogP contribution in [0.15, 0.2) is 17.1 Å². The molecule has 2 rings (SSSR count). The van der Waals surface area contributed by atoms with Crippen molar-refractivity contribution in [2.45, 2.75) is 13.5 Å². The number of nitrogens with zero attached hydrogens (tertiary/aromatic N) is 5. The third kappa shape index (κ3) is 1.92. The number of hydrogen-bond donors (Lipinski definition) is 1. The van der Waals surface area contributed by atoms with Crippen molar-refractivity contribution in [3.8, 4) is 0 Å². The van der Waals surface area contributed by atoms with E-state index in [1.54, 1.807) is 20.2 Å². The molecule has 2 aromatic heterocycles. The summed E-state index contributed by atoms with van der Waals surface area (Å²) in [5, 5.41) is 11.5. The van der Waals surface area contributed by atoms with Gasteiger partial charge in [0.15, 0.2) is 5.82 Å². The minimum absolute atomic E-state index is 0.126. The Balaban J connectivity index is 2.35. The number of tetrazole rings is 1. The number of nitrogen functional groups attached to an aromatic ring is 1. The second-order valence-electron chi connectivity index (χ2n) is 3.57. The summed E-state index contributed by atoms with van der Waals surface area (Å²) in [7, 11) is 1.67. The fourth-order valence-corrected chi connectivity index (χ4v) is 1.35. The molecule has 0 fully saturated rings. The number of anilines is 1. The zero-order valence-electron chi connectivity index (χ0n) is 9.08. The Morgan fingerprint density at radius 3 is 2.88 bits per heavy atom. The molecule has 16 heavy (non-hydrogen) atoms. The molecular formula is C9H12N6O. The molecule has 7 heteroatoms. The van der Waals surface area contributed by atoms with Gasteiger partial charge in [0.05, 0.1) is 19.3 Å². The van der Waals surface area contributed by atoms with E-state index in [4.69, 9.17) is 5.73 Å². The van der Waals surface area contributed by atoms with Gasteiger partial charge in [-0.3, -0.25) is 4.79 Å². The van der Waals surface area contributed by atoms with Crippen molar-refractivity contribution >= 4 is 5.69 Å². The Bertz CT molecular complexity index is 570. The van der Waals surface area contributed by atoms with Gasteiger partial charge in [-0.15, -0.1) is 10.2 Å². The predicted octanol–water partition coefficient (Wildman–Crippen LogP) is -0.689. The highest BCUT2D eigenvalue weighted by Crippen LogP contribution is 2.05. The lowest BCUT2D eigenvalue weighted by Gasteiger charge is -2.05. The zero-order valence-corrected chi connectivity index (χ0v) is 9.08. The summed E-state index contributed by atoms with van der Waals surface area (Å²) in [6.45, 7) is 2.07. The van der Waals surface area contributed by atoms with E-state index in [1.165, 1.54) is 15.4 Å². The van der Waals surface area contributed by atoms with E-state index in [0.29, 0.717) is 11.5 Å². The van der Waals surface area contributed by atoms with E-state index in [2.05, 4.69) is 15.4 Å². The molecule has 0 atom stereocenters. The zero-order chi connectivity index (χ0) is 11.7. The first kappa shape index (κ1) is 10.3. The number of pyridine rings is 1. The van der Waals surface area contributed by atoms with Crippen LogP contribution in [0.1, 0.15) is 11.4 Å². The van der Waals surface area contributed by atoms with Gasteiger partial charge in [0, 0.05) is 12.3 Å². The predicted molar refractivity (Wildman–Crippen MR) is 57.8 cm³/mol. The van der Waals surface area contributed by atoms with Crippen LogP contribution in [-0.4, -0.2) is 24.8 Å². The first-order valence-electron chi connectivity index (χ1n) is 4.75. The molecule has 0 aliphatic rings. The number of hydrogen-bond acceptors (Lipinski definition) is 5. The van der Waals surface area contributed by atoms with Crippen molar-refractivity contribution in [2.24, 2.45) is 7.05 Å². The van der Waals surface area contributed by atoms with Crippen LogP contribution in [0.5, 0.6) is 0 Å². The maximum Gasteiger partial charge on any atom is 0.251 e. The number of aryl methyl sites for hydroxylation is 2. The lowest BCUT2D eigenvalue weighted by molar-refractivity contribution is 0.624. The molecule has 2 aromatic rings. The molecule has 0 unspecified atom stereocenters. The molecule has 2 N–H and O–H groups in total. The Labute approximate surface area is 91.5 Å². The van der Waals surface area contributed by atoms with Crippen LogP contribution in [0, 0.1) is 6.92 Å². The van der Waals surface area contributed by atoms with Crippen molar-refractivity contribution in [2.75, 3.05) is 5.73 Å². The highest BCUT2D eigenvalue weighted by molar-refractivity contribution is 5.43. The maximum absolute atomic E-state index is 11.6. The summed E-state index contributed by atoms with van der Waals surface area (Å²) in [4.78, 5) is 13.0. The minimum Gasteiger partial charge on any atom is -0.397 e. The van der Waals surface area contributed by atoms with Crippen molar-refractivity contribution < 1.29 is 0 Å². The molecule has 0 bridgehead atoms. The van der Waals surface area contributed by atoms with E-state index in [9.17, 15) is 4.79 Å². The van der Waals surface area contributed by atoms with Crippen molar-refractivity contribution in [1.29, 1.82) is 0 Å². The second kappa shape index (κ2) is 3.76. The normalized spacial score (nSPS) is 10.6. The summed E-state index contributed by atoms with van der Waals surface area (Å²) in [5.74, 6) is 0.479. The van der Waals surface area contributed by atoms with Crippen LogP contribution in [0.25, 0.3) is 0 Å². The fourth-order valence-electron chi connectivity index (χ4n) is 1.35. The second-order valence-corrected chi connectivity index (χ2v) is 3.57. The largest absolute Gasteiger partial charge is 0.397 e. The van der Waals surface area contributed by atoms with Crippen LogP contribution in [0.4, 0.5) is 5.69 Å². The van der Waals surface area contributed by atoms with Crippen LogP contribution in [-0.2, 0) is 13.6 Å². The summed E-state index contributed by atoms with van der Waals surface area (Å²) in [6.07, 6.45) is 1.59. The van der Waals surface area contributed by atoms with Crippen molar-refractivity contribution in [3.63, 3.8) is 0 Å². The van der Waals surface area contributed by atoms with Gasteiger partial charge in [0.2, 0.25) is 0 Å². The number of rotatable bonds is 2. The monoisotopic (exact) mass is 220 g/mol. The van der Waals surface area contributed by atoms with E-state index < -0.39 is 0 Å². The lowest BCUT2D eigenvalue weighted by atomic mass is 10.2. The van der Waals surface area contributed by atoms with Gasteiger partial charge < -0.3 is 10.3 Å². The summed E-state index contributed by atoms with van der Waals surface area (Å²) in [5.41, 5.74) is 6.95. The van der Waals surface area contributed by atoms with E-state index in [1.807, 2.05) is 0 Å². The molecule has 0 radical (unpaired) electrons. The Kier molecular flexibility index (Phi) is 2.43. The van der Waals surface area contributed by atoms with Crippen molar-refractivity contribution in [1.82, 2.24) is 24.8 Å². The summed E-state index contributed by atoms with van der Waals surface area (Å²) < 4.78 is 1.46. The van der Waals surface area contributed by atoms with Gasteiger partial charge in [-0.05, 0) is 17.7 Å². The lowest BCUT2D eigenvalue weighted by Crippen LogP contribution is -2.21. The summed E-state index contributed by atoms with van der Waals surface area (Å²) >= 11 is 0. The van der Waals surface area contributed by atoms with E-state index in [0.717, 1.165) is 5.56 Å². The molecule has 0 aliphatic heterocycles. The van der Waals surface area contributed by atoms with Gasteiger partial charge in [0.1, 0.15) is 0 Å². The highest BCUT2D eigenvalue weighted by atomic mass is 16.1. The summed E-state index contributed by atoms with van der Waals surface area (Å²) in [6, 6.07) is 1.49. The van der Waals surface area contributed by atoms with Gasteiger partial charge in [-0.25, -0.2) is 0 Å². The SMILES string of the molecule is Cc1cc(=O)n(Cc2nnn(C)n2)cc1N. The van der Waals surface area contributed by atoms with Gasteiger partial charge in [-0.1, -0.05) is 0 Å². The standard InChI is InChI=1S/C9H12N6O/c1-6-3-9(16)15(4-7(6)10)5-8-11-13-14(2)12-8/h3-4H,5,10H2,1-2H3. The smallest absolute Gasteiger partial charge is 0.251 e. The maximum atomic E-state index is 11.6. The molecular weight excluding hydrogens is 208 g/mol. The third-order valence-corrected chi connectivity index (χ3v) is 2.23. The third-order valence-electron chi connectivity index (χ3n) is 2.23. The van der Waals surface area contributed by atoms with Gasteiger partial charge in [-0.2, -0.15) is 4.80 Å². The molecule has 0 saturated heterocycles. The van der Waals surface area contributed by atoms with E-state index >= 15 is 0 Å². The van der Waals surface area contributed by atoms with Crippen LogP contribution in [0.2, 0.25) is 0 Å². The fraction of sp³-hybridized carbons (Fsp3) is 0.333. The Morgan fingerprint density at radius 1 is 1.50 bits per heavy atom. The quantitative estimate of drug-likeness (QED) is 0.723. The average Bonchev–Trinajstić information content (AvgIpc) is 2.60. The molecule has 0 amide bonds. The van der Waals surface area contributed by atoms with E-state index in [-0.39, 0.29) is 12.1 Å². The first-order chi connectivity index (χ1) is 7.56. The Hall–Kier alpha value is -2.18. The topological polar surface area (TPSA) is 91.6 Å². The minimum atomic E-state index is -0.126. The molecule has 0 spiro atoms. The highest BCUT2D eigenvalue weighted by Gasteiger charge is 2.05.